The van der Waals surface area contributed by atoms with Crippen molar-refractivity contribution in [2.45, 2.75) is 19.4 Å². The molecule has 1 saturated carbocycles. The van der Waals surface area contributed by atoms with Crippen molar-refractivity contribution in [3.8, 4) is 0 Å². The Kier molecular flexibility index (Phi) is 3.95. The normalized spacial score (nSPS) is 22.3. The summed E-state index contributed by atoms with van der Waals surface area (Å²) in [6, 6.07) is 7.40. The Balaban J connectivity index is 1.53. The van der Waals surface area contributed by atoms with E-state index in [1.54, 1.807) is 13.1 Å². The summed E-state index contributed by atoms with van der Waals surface area (Å²) in [7, 11) is 1.79. The first-order valence-corrected chi connectivity index (χ1v) is 10.6. The lowest BCUT2D eigenvalue weighted by molar-refractivity contribution is 0.630. The third kappa shape index (κ3) is 2.93. The summed E-state index contributed by atoms with van der Waals surface area (Å²) in [6.45, 7) is 3.73. The fourth-order valence-electron chi connectivity index (χ4n) is 4.93. The summed E-state index contributed by atoms with van der Waals surface area (Å²) >= 11 is 0. The topological polar surface area (TPSA) is 95.8 Å². The number of pyridine rings is 1. The molecule has 7 nitrogen and oxygen atoms in total. The van der Waals surface area contributed by atoms with Gasteiger partial charge in [0.05, 0.1) is 16.6 Å². The first-order chi connectivity index (χ1) is 15.0. The lowest BCUT2D eigenvalue weighted by Crippen LogP contribution is -2.29. The van der Waals surface area contributed by atoms with E-state index in [1.807, 2.05) is 19.2 Å². The monoisotopic (exact) mass is 417 g/mol. The van der Waals surface area contributed by atoms with Crippen molar-refractivity contribution in [3.63, 3.8) is 0 Å². The van der Waals surface area contributed by atoms with Crippen LogP contribution in [0.4, 0.5) is 15.9 Å². The molecule has 158 valence electrons. The van der Waals surface area contributed by atoms with Gasteiger partial charge in [-0.1, -0.05) is 6.07 Å². The number of anilines is 2. The second-order valence-corrected chi connectivity index (χ2v) is 8.73. The van der Waals surface area contributed by atoms with Gasteiger partial charge < -0.3 is 20.9 Å². The van der Waals surface area contributed by atoms with Crippen LogP contribution in [0.15, 0.2) is 30.5 Å². The third-order valence-corrected chi connectivity index (χ3v) is 6.72. The number of nitrogens with one attached hydrogen (secondary N) is 2. The van der Waals surface area contributed by atoms with Gasteiger partial charge in [0.2, 0.25) is 0 Å². The highest BCUT2D eigenvalue weighted by Gasteiger charge is 2.54. The largest absolute Gasteiger partial charge is 0.386 e. The minimum atomic E-state index is -0.287. The number of aryl methyl sites for hydroxylation is 1. The summed E-state index contributed by atoms with van der Waals surface area (Å²) < 4.78 is 14.4. The van der Waals surface area contributed by atoms with Crippen LogP contribution in [0.25, 0.3) is 21.9 Å². The van der Waals surface area contributed by atoms with Gasteiger partial charge in [0, 0.05) is 49.9 Å². The fraction of sp³-hybridized carbons (Fsp3) is 0.348. The van der Waals surface area contributed by atoms with E-state index in [1.165, 1.54) is 6.07 Å². The minimum absolute atomic E-state index is 0.287. The molecule has 0 radical (unpaired) electrons. The first-order valence-electron chi connectivity index (χ1n) is 10.6. The van der Waals surface area contributed by atoms with Crippen molar-refractivity contribution in [1.82, 2.24) is 19.9 Å². The van der Waals surface area contributed by atoms with Crippen LogP contribution in [0.3, 0.4) is 0 Å². The molecular weight excluding hydrogens is 393 g/mol. The van der Waals surface area contributed by atoms with Crippen LogP contribution in [0.1, 0.15) is 17.1 Å². The van der Waals surface area contributed by atoms with E-state index in [4.69, 9.17) is 15.7 Å². The molecule has 0 amide bonds. The van der Waals surface area contributed by atoms with Gasteiger partial charge in [-0.25, -0.2) is 14.4 Å². The van der Waals surface area contributed by atoms with E-state index in [0.717, 1.165) is 57.9 Å². The van der Waals surface area contributed by atoms with Gasteiger partial charge in [-0.3, -0.25) is 4.98 Å². The Morgan fingerprint density at radius 3 is 2.74 bits per heavy atom. The van der Waals surface area contributed by atoms with E-state index in [0.29, 0.717) is 30.0 Å². The summed E-state index contributed by atoms with van der Waals surface area (Å²) in [6.07, 6.45) is 2.45. The van der Waals surface area contributed by atoms with Crippen molar-refractivity contribution in [1.29, 1.82) is 0 Å². The molecule has 6 rings (SSSR count). The molecule has 2 aliphatic rings. The highest BCUT2D eigenvalue weighted by molar-refractivity contribution is 6.14. The van der Waals surface area contributed by atoms with E-state index >= 15 is 0 Å². The van der Waals surface area contributed by atoms with Crippen molar-refractivity contribution < 1.29 is 4.39 Å². The second-order valence-electron chi connectivity index (χ2n) is 8.73. The molecular formula is C23H24FN7. The number of aromatic amines is 1. The van der Waals surface area contributed by atoms with Gasteiger partial charge in [-0.15, -0.1) is 0 Å². The van der Waals surface area contributed by atoms with Crippen molar-refractivity contribution in [2.75, 3.05) is 30.4 Å². The van der Waals surface area contributed by atoms with Crippen molar-refractivity contribution in [2.24, 2.45) is 17.6 Å². The van der Waals surface area contributed by atoms with Crippen LogP contribution in [0.5, 0.6) is 0 Å². The number of hydrogen-bond donors (Lipinski definition) is 3. The maximum absolute atomic E-state index is 14.4. The van der Waals surface area contributed by atoms with Gasteiger partial charge in [0.1, 0.15) is 23.1 Å². The molecule has 2 fully saturated rings. The van der Waals surface area contributed by atoms with Crippen LogP contribution in [-0.4, -0.2) is 46.1 Å². The molecule has 2 atom stereocenters. The standard InChI is InChI=1S/C23H24FN7/c1-11-3-4-12(8-27-11)5-18-28-22-19(14-6-13(24)7-17(26-2)21(14)30-22)23(29-18)31-9-15-16(10-31)20(15)25/h3-4,6-8,15-16,20,26H,5,9-10,25H2,1-2H3,(H,28,29,30). The molecule has 2 unspecified atom stereocenters. The zero-order valence-electron chi connectivity index (χ0n) is 17.5. The van der Waals surface area contributed by atoms with E-state index in [9.17, 15) is 4.39 Å². The molecule has 4 N–H and O–H groups in total. The quantitative estimate of drug-likeness (QED) is 0.473. The predicted molar refractivity (Wildman–Crippen MR) is 120 cm³/mol. The van der Waals surface area contributed by atoms with Crippen LogP contribution in [0.2, 0.25) is 0 Å². The highest BCUT2D eigenvalue weighted by Crippen LogP contribution is 2.47. The Hall–Kier alpha value is -3.26. The SMILES string of the molecule is CNc1cc(F)cc2c1[nH]c1nc(Cc3ccc(C)nc3)nc(N3CC4C(N)C4C3)c12. The number of aromatic nitrogens is 4. The van der Waals surface area contributed by atoms with Gasteiger partial charge >= 0.3 is 0 Å². The van der Waals surface area contributed by atoms with Crippen molar-refractivity contribution >= 4 is 33.4 Å². The lowest BCUT2D eigenvalue weighted by Gasteiger charge is -2.21. The molecule has 8 heteroatoms. The van der Waals surface area contributed by atoms with Crippen LogP contribution >= 0.6 is 0 Å². The maximum Gasteiger partial charge on any atom is 0.144 e. The average molecular weight is 417 g/mol. The van der Waals surface area contributed by atoms with E-state index in [2.05, 4.69) is 26.3 Å². The number of H-pyrrole nitrogens is 1. The molecule has 1 aliphatic carbocycles. The molecule has 3 aromatic heterocycles. The minimum Gasteiger partial charge on any atom is -0.386 e. The second kappa shape index (κ2) is 6.62. The van der Waals surface area contributed by atoms with Crippen LogP contribution in [-0.2, 0) is 6.42 Å². The fourth-order valence-corrected chi connectivity index (χ4v) is 4.93. The Morgan fingerprint density at radius 2 is 2.03 bits per heavy atom. The smallest absolute Gasteiger partial charge is 0.144 e. The third-order valence-electron chi connectivity index (χ3n) is 6.72. The molecule has 1 saturated heterocycles. The number of halogens is 1. The van der Waals surface area contributed by atoms with Gasteiger partial charge in [-0.05, 0) is 42.5 Å². The molecule has 1 aromatic carbocycles. The van der Waals surface area contributed by atoms with Gasteiger partial charge in [0.25, 0.3) is 0 Å². The zero-order chi connectivity index (χ0) is 21.3. The van der Waals surface area contributed by atoms with Gasteiger partial charge in [-0.2, -0.15) is 0 Å². The molecule has 0 spiro atoms. The molecule has 31 heavy (non-hydrogen) atoms. The first kappa shape index (κ1) is 18.5. The Bertz CT molecular complexity index is 1300. The number of nitrogens with zero attached hydrogens (tertiary/aromatic N) is 4. The average Bonchev–Trinajstić information content (AvgIpc) is 3.12. The molecule has 1 aliphatic heterocycles. The molecule has 4 aromatic rings. The highest BCUT2D eigenvalue weighted by atomic mass is 19.1. The van der Waals surface area contributed by atoms with Crippen molar-refractivity contribution in [3.05, 3.63) is 53.4 Å². The van der Waals surface area contributed by atoms with E-state index in [-0.39, 0.29) is 5.82 Å². The summed E-state index contributed by atoms with van der Waals surface area (Å²) in [5, 5.41) is 4.74. The van der Waals surface area contributed by atoms with E-state index < -0.39 is 0 Å². The predicted octanol–water partition coefficient (Wildman–Crippen LogP) is 2.98. The molecule has 0 bridgehead atoms. The lowest BCUT2D eigenvalue weighted by atomic mass is 10.1. The number of nitrogens with two attached hydrogens (primary N) is 1. The molecule has 4 heterocycles. The number of benzene rings is 1. The summed E-state index contributed by atoms with van der Waals surface area (Å²) in [5.74, 6) is 2.33. The Morgan fingerprint density at radius 1 is 1.23 bits per heavy atom. The maximum atomic E-state index is 14.4. The number of piperidine rings is 1. The number of fused-ring (bicyclic) bond motifs is 4. The number of rotatable bonds is 4. The van der Waals surface area contributed by atoms with Crippen LogP contribution < -0.4 is 16.0 Å². The van der Waals surface area contributed by atoms with Gasteiger partial charge in [0.15, 0.2) is 0 Å². The van der Waals surface area contributed by atoms with Crippen LogP contribution in [0, 0.1) is 24.6 Å². The Labute approximate surface area is 178 Å². The number of hydrogen-bond acceptors (Lipinski definition) is 6. The summed E-state index contributed by atoms with van der Waals surface area (Å²) in [4.78, 5) is 19.9. The summed E-state index contributed by atoms with van der Waals surface area (Å²) in [5.41, 5.74) is 10.5. The zero-order valence-corrected chi connectivity index (χ0v) is 17.5.